The van der Waals surface area contributed by atoms with Gasteiger partial charge in [-0.2, -0.15) is 5.01 Å². The number of benzene rings is 2. The van der Waals surface area contributed by atoms with Crippen LogP contribution in [-0.4, -0.2) is 22.7 Å². The van der Waals surface area contributed by atoms with Crippen LogP contribution in [0.15, 0.2) is 71.1 Å². The molecule has 146 valence electrons. The van der Waals surface area contributed by atoms with Crippen molar-refractivity contribution < 1.29 is 14.3 Å². The first kappa shape index (κ1) is 18.9. The molecule has 2 aromatic carbocycles. The minimum absolute atomic E-state index is 0.201. The van der Waals surface area contributed by atoms with Gasteiger partial charge in [-0.1, -0.05) is 35.9 Å². The van der Waals surface area contributed by atoms with E-state index >= 15 is 0 Å². The molecule has 0 radical (unpaired) electrons. The van der Waals surface area contributed by atoms with E-state index in [4.69, 9.17) is 4.74 Å². The number of hydrogen-bond acceptors (Lipinski definition) is 5. The van der Waals surface area contributed by atoms with Gasteiger partial charge in [-0.15, -0.1) is 16.4 Å². The number of anilines is 1. The molecule has 0 aliphatic carbocycles. The quantitative estimate of drug-likeness (QED) is 0.692. The number of amides is 2. The van der Waals surface area contributed by atoms with Gasteiger partial charge >= 0.3 is 0 Å². The number of thiophene rings is 1. The monoisotopic (exact) mass is 405 g/mol. The Morgan fingerprint density at radius 3 is 2.59 bits per heavy atom. The van der Waals surface area contributed by atoms with Crippen LogP contribution in [-0.2, 0) is 9.53 Å². The highest BCUT2D eigenvalue weighted by Crippen LogP contribution is 2.32. The Bertz CT molecular complexity index is 1070. The Balaban J connectivity index is 1.55. The SMILES string of the molecule is CC(=O)N1N=C(c2cccs2)OC1c1cccc(NC(=O)c2ccc(C)cc2)c1. The lowest BCUT2D eigenvalue weighted by Crippen LogP contribution is -2.25. The molecule has 1 aromatic heterocycles. The average Bonchev–Trinajstić information content (AvgIpc) is 3.38. The van der Waals surface area contributed by atoms with Crippen LogP contribution in [0.1, 0.15) is 39.5 Å². The zero-order chi connectivity index (χ0) is 20.4. The maximum Gasteiger partial charge on any atom is 0.255 e. The average molecular weight is 405 g/mol. The number of ether oxygens (including phenoxy) is 1. The zero-order valence-electron chi connectivity index (χ0n) is 16.0. The number of aryl methyl sites for hydroxylation is 1. The number of rotatable bonds is 4. The molecule has 6 nitrogen and oxygen atoms in total. The van der Waals surface area contributed by atoms with Gasteiger partial charge in [-0.05, 0) is 42.6 Å². The van der Waals surface area contributed by atoms with Crippen LogP contribution < -0.4 is 5.32 Å². The number of carbonyl (C=O) groups is 2. The first-order valence-corrected chi connectivity index (χ1v) is 9.96. The molecule has 0 saturated heterocycles. The second kappa shape index (κ2) is 7.89. The van der Waals surface area contributed by atoms with Crippen LogP contribution in [0.2, 0.25) is 0 Å². The number of hydrazone groups is 1. The van der Waals surface area contributed by atoms with Crippen LogP contribution in [0.4, 0.5) is 5.69 Å². The van der Waals surface area contributed by atoms with E-state index in [9.17, 15) is 9.59 Å². The highest BCUT2D eigenvalue weighted by Gasteiger charge is 2.33. The molecule has 0 spiro atoms. The summed E-state index contributed by atoms with van der Waals surface area (Å²) < 4.78 is 5.98. The molecule has 1 atom stereocenters. The lowest BCUT2D eigenvalue weighted by Gasteiger charge is -2.20. The summed E-state index contributed by atoms with van der Waals surface area (Å²) in [5.74, 6) is -0.0154. The van der Waals surface area contributed by atoms with Gasteiger partial charge in [0, 0.05) is 23.7 Å². The van der Waals surface area contributed by atoms with Crippen molar-refractivity contribution in [2.24, 2.45) is 5.10 Å². The minimum Gasteiger partial charge on any atom is -0.445 e. The fourth-order valence-electron chi connectivity index (χ4n) is 2.96. The molecule has 3 aromatic rings. The van der Waals surface area contributed by atoms with Gasteiger partial charge < -0.3 is 10.1 Å². The summed E-state index contributed by atoms with van der Waals surface area (Å²) in [7, 11) is 0. The van der Waals surface area contributed by atoms with Gasteiger partial charge in [-0.25, -0.2) is 0 Å². The smallest absolute Gasteiger partial charge is 0.255 e. The van der Waals surface area contributed by atoms with Crippen LogP contribution in [0.25, 0.3) is 0 Å². The lowest BCUT2D eigenvalue weighted by molar-refractivity contribution is -0.135. The number of carbonyl (C=O) groups excluding carboxylic acids is 2. The maximum absolute atomic E-state index is 12.5. The molecule has 29 heavy (non-hydrogen) atoms. The summed E-state index contributed by atoms with van der Waals surface area (Å²) in [6.07, 6.45) is -0.680. The molecule has 0 saturated carbocycles. The third-order valence-corrected chi connectivity index (χ3v) is 5.30. The largest absolute Gasteiger partial charge is 0.445 e. The predicted molar refractivity (Wildman–Crippen MR) is 113 cm³/mol. The zero-order valence-corrected chi connectivity index (χ0v) is 16.8. The molecule has 0 fully saturated rings. The summed E-state index contributed by atoms with van der Waals surface area (Å²) in [5, 5.41) is 10.5. The summed E-state index contributed by atoms with van der Waals surface area (Å²) >= 11 is 1.49. The van der Waals surface area contributed by atoms with Crippen LogP contribution in [0, 0.1) is 6.92 Å². The first-order valence-electron chi connectivity index (χ1n) is 9.08. The molecule has 1 aliphatic heterocycles. The molecule has 7 heteroatoms. The number of nitrogens with zero attached hydrogens (tertiary/aromatic N) is 2. The van der Waals surface area contributed by atoms with Gasteiger partial charge in [0.2, 0.25) is 12.1 Å². The summed E-state index contributed by atoms with van der Waals surface area (Å²) in [5.41, 5.74) is 3.00. The molecule has 2 amide bonds. The topological polar surface area (TPSA) is 71.0 Å². The van der Waals surface area contributed by atoms with Crippen LogP contribution in [0.3, 0.4) is 0 Å². The predicted octanol–water partition coefficient (Wildman–Crippen LogP) is 4.55. The molecular formula is C22H19N3O3S. The van der Waals surface area contributed by atoms with Crippen molar-refractivity contribution in [2.45, 2.75) is 20.1 Å². The number of hydrogen-bond donors (Lipinski definition) is 1. The highest BCUT2D eigenvalue weighted by molar-refractivity contribution is 7.12. The van der Waals surface area contributed by atoms with Crippen LogP contribution >= 0.6 is 11.3 Å². The lowest BCUT2D eigenvalue weighted by atomic mass is 10.1. The summed E-state index contributed by atoms with van der Waals surface area (Å²) in [4.78, 5) is 25.5. The normalized spacial score (nSPS) is 15.6. The van der Waals surface area contributed by atoms with E-state index in [1.54, 1.807) is 24.3 Å². The van der Waals surface area contributed by atoms with E-state index in [2.05, 4.69) is 10.4 Å². The van der Waals surface area contributed by atoms with Gasteiger partial charge in [-0.3, -0.25) is 9.59 Å². The van der Waals surface area contributed by atoms with Crippen molar-refractivity contribution in [3.8, 4) is 0 Å². The third-order valence-electron chi connectivity index (χ3n) is 4.44. The number of nitrogens with one attached hydrogen (secondary N) is 1. The Kier molecular flexibility index (Phi) is 5.14. The van der Waals surface area contributed by atoms with Crippen molar-refractivity contribution in [3.05, 3.63) is 87.6 Å². The summed E-state index contributed by atoms with van der Waals surface area (Å²) in [6, 6.07) is 18.4. The molecule has 0 bridgehead atoms. The van der Waals surface area contributed by atoms with E-state index in [1.807, 2.05) is 48.7 Å². The minimum atomic E-state index is -0.680. The Hall–Kier alpha value is -3.45. The Morgan fingerprint density at radius 1 is 1.10 bits per heavy atom. The Labute approximate surface area is 172 Å². The van der Waals surface area contributed by atoms with Crippen molar-refractivity contribution in [3.63, 3.8) is 0 Å². The van der Waals surface area contributed by atoms with E-state index in [0.717, 1.165) is 16.0 Å². The standard InChI is InChI=1S/C22H19N3O3S/c1-14-8-10-16(11-9-14)20(27)23-18-6-3-5-17(13-18)22-25(15(2)26)24-21(28-22)19-7-4-12-29-19/h3-13,22H,1-2H3,(H,23,27). The molecule has 1 N–H and O–H groups in total. The van der Waals surface area contributed by atoms with E-state index in [-0.39, 0.29) is 11.8 Å². The van der Waals surface area contributed by atoms with Crippen molar-refractivity contribution in [2.75, 3.05) is 5.32 Å². The second-order valence-electron chi connectivity index (χ2n) is 6.66. The summed E-state index contributed by atoms with van der Waals surface area (Å²) in [6.45, 7) is 3.42. The fourth-order valence-corrected chi connectivity index (χ4v) is 3.61. The Morgan fingerprint density at radius 2 is 1.90 bits per heavy atom. The maximum atomic E-state index is 12.5. The van der Waals surface area contributed by atoms with Crippen molar-refractivity contribution in [1.82, 2.24) is 5.01 Å². The van der Waals surface area contributed by atoms with E-state index < -0.39 is 6.23 Å². The molecule has 2 heterocycles. The molecular weight excluding hydrogens is 386 g/mol. The van der Waals surface area contributed by atoms with Gasteiger partial charge in [0.05, 0.1) is 4.88 Å². The first-order chi connectivity index (χ1) is 14.0. The molecule has 1 aliphatic rings. The van der Waals surface area contributed by atoms with E-state index in [0.29, 0.717) is 17.1 Å². The highest BCUT2D eigenvalue weighted by atomic mass is 32.1. The molecule has 1 unspecified atom stereocenters. The fraction of sp³-hybridized carbons (Fsp3) is 0.136. The van der Waals surface area contributed by atoms with Crippen molar-refractivity contribution >= 4 is 34.7 Å². The van der Waals surface area contributed by atoms with Gasteiger partial charge in [0.25, 0.3) is 11.8 Å². The van der Waals surface area contributed by atoms with E-state index in [1.165, 1.54) is 23.3 Å². The van der Waals surface area contributed by atoms with Crippen molar-refractivity contribution in [1.29, 1.82) is 0 Å². The van der Waals surface area contributed by atoms with Gasteiger partial charge in [0.15, 0.2) is 0 Å². The molecule has 4 rings (SSSR count). The third kappa shape index (κ3) is 4.05. The van der Waals surface area contributed by atoms with Crippen LogP contribution in [0.5, 0.6) is 0 Å². The van der Waals surface area contributed by atoms with Gasteiger partial charge in [0.1, 0.15) is 0 Å². The second-order valence-corrected chi connectivity index (χ2v) is 7.61.